The van der Waals surface area contributed by atoms with Gasteiger partial charge >= 0.3 is 12.1 Å². The summed E-state index contributed by atoms with van der Waals surface area (Å²) < 4.78 is 77.4. The summed E-state index contributed by atoms with van der Waals surface area (Å²) in [6, 6.07) is 24.3. The van der Waals surface area contributed by atoms with Gasteiger partial charge in [0, 0.05) is 36.7 Å². The van der Waals surface area contributed by atoms with Gasteiger partial charge in [0.25, 0.3) is 0 Å². The second kappa shape index (κ2) is 12.7. The first-order valence-corrected chi connectivity index (χ1v) is 16.3. The molecule has 0 aliphatic rings. The Kier molecular flexibility index (Phi) is 8.64. The zero-order chi connectivity index (χ0) is 33.3. The summed E-state index contributed by atoms with van der Waals surface area (Å²) in [7, 11) is -2.81. The fourth-order valence-corrected chi connectivity index (χ4v) is 6.88. The Morgan fingerprint density at radius 1 is 0.957 bits per heavy atom. The number of furan rings is 1. The number of halogens is 3. The number of nitrogens with zero attached hydrogens (tertiary/aromatic N) is 3. The second-order valence-electron chi connectivity index (χ2n) is 11.2. The van der Waals surface area contributed by atoms with Crippen LogP contribution < -0.4 is 0 Å². The van der Waals surface area contributed by atoms with Gasteiger partial charge in [-0.1, -0.05) is 48.5 Å². The molecule has 0 saturated heterocycles. The number of aromatic nitrogens is 2. The molecule has 6 rings (SSSR count). The highest BCUT2D eigenvalue weighted by Crippen LogP contribution is 2.33. The van der Waals surface area contributed by atoms with E-state index in [2.05, 4.69) is 9.72 Å². The largest absolute Gasteiger partial charge is 0.468 e. The first-order chi connectivity index (χ1) is 22.4. The minimum Gasteiger partial charge on any atom is -0.468 e. The Hall–Kier alpha value is -4.94. The number of pyridine rings is 1. The fourth-order valence-electron chi connectivity index (χ4n) is 5.69. The number of esters is 1. The van der Waals surface area contributed by atoms with Crippen LogP contribution in [-0.2, 0) is 45.2 Å². The molecule has 0 aliphatic carbocycles. The third-order valence-corrected chi connectivity index (χ3v) is 9.62. The number of alkyl halides is 3. The number of imidazole rings is 1. The van der Waals surface area contributed by atoms with E-state index < -0.39 is 33.5 Å². The van der Waals surface area contributed by atoms with Crippen LogP contribution in [0, 0.1) is 6.92 Å². The molecule has 0 amide bonds. The number of fused-ring (bicyclic) bond motifs is 2. The topological polar surface area (TPSA) is 94.1 Å². The average molecular weight is 662 g/mol. The minimum absolute atomic E-state index is 0.0255. The number of carbonyl (C=O) groups excluding carboxylic acids is 1. The van der Waals surface area contributed by atoms with Crippen LogP contribution in [0.5, 0.6) is 0 Å². The van der Waals surface area contributed by atoms with Crippen LogP contribution >= 0.6 is 0 Å². The Balaban J connectivity index is 1.37. The van der Waals surface area contributed by atoms with Crippen molar-refractivity contribution in [3.05, 3.63) is 126 Å². The third-order valence-electron chi connectivity index (χ3n) is 8.04. The monoisotopic (exact) mass is 661 g/mol. The van der Waals surface area contributed by atoms with Crippen molar-refractivity contribution in [3.8, 4) is 11.1 Å². The molecular formula is C35H30F3N3O5S. The lowest BCUT2D eigenvalue weighted by molar-refractivity contribution is -0.153. The van der Waals surface area contributed by atoms with Gasteiger partial charge in [-0.3, -0.25) is 9.69 Å². The highest BCUT2D eigenvalue weighted by Gasteiger charge is 2.35. The van der Waals surface area contributed by atoms with Crippen molar-refractivity contribution in [2.75, 3.05) is 12.9 Å². The summed E-state index contributed by atoms with van der Waals surface area (Å²) in [4.78, 5) is 18.2. The van der Waals surface area contributed by atoms with Crippen LogP contribution in [0.4, 0.5) is 13.2 Å². The van der Waals surface area contributed by atoms with Crippen LogP contribution in [0.25, 0.3) is 27.5 Å². The zero-order valence-corrected chi connectivity index (χ0v) is 26.3. The van der Waals surface area contributed by atoms with Crippen LogP contribution in [0.15, 0.2) is 107 Å². The molecule has 0 N–H and O–H groups in total. The molecule has 0 unspecified atom stereocenters. The van der Waals surface area contributed by atoms with E-state index in [1.807, 2.05) is 64.8 Å². The molecule has 3 aromatic heterocycles. The molecule has 0 fully saturated rings. The van der Waals surface area contributed by atoms with Crippen molar-refractivity contribution in [2.45, 2.75) is 37.6 Å². The van der Waals surface area contributed by atoms with Gasteiger partial charge in [-0.15, -0.1) is 0 Å². The van der Waals surface area contributed by atoms with Gasteiger partial charge in [-0.25, -0.2) is 13.4 Å². The lowest BCUT2D eigenvalue weighted by Crippen LogP contribution is -2.24. The van der Waals surface area contributed by atoms with E-state index in [1.165, 1.54) is 18.2 Å². The maximum atomic E-state index is 13.4. The molecule has 242 valence electrons. The van der Waals surface area contributed by atoms with Gasteiger partial charge in [0.05, 0.1) is 18.6 Å². The summed E-state index contributed by atoms with van der Waals surface area (Å²) in [6.45, 7) is 2.87. The van der Waals surface area contributed by atoms with Crippen molar-refractivity contribution in [3.63, 3.8) is 0 Å². The number of ether oxygens (including phenoxy) is 1. The van der Waals surface area contributed by atoms with E-state index in [1.54, 1.807) is 24.5 Å². The number of sulfone groups is 1. The van der Waals surface area contributed by atoms with Gasteiger partial charge < -0.3 is 13.6 Å². The third kappa shape index (κ3) is 6.79. The lowest BCUT2D eigenvalue weighted by atomic mass is 9.99. The van der Waals surface area contributed by atoms with E-state index in [0.29, 0.717) is 29.9 Å². The van der Waals surface area contributed by atoms with Crippen LogP contribution in [-0.4, -0.2) is 41.5 Å². The average Bonchev–Trinajstić information content (AvgIpc) is 3.73. The fraction of sp³-hybridized carbons (Fsp3) is 0.200. The van der Waals surface area contributed by atoms with Gasteiger partial charge in [0.2, 0.25) is 5.76 Å². The molecule has 12 heteroatoms. The molecule has 47 heavy (non-hydrogen) atoms. The van der Waals surface area contributed by atoms with Gasteiger partial charge in [-0.2, -0.15) is 13.2 Å². The van der Waals surface area contributed by atoms with Gasteiger partial charge in [-0.05, 0) is 70.8 Å². The number of hydrogen-bond acceptors (Lipinski definition) is 7. The molecule has 0 aliphatic heterocycles. The molecule has 3 aromatic carbocycles. The van der Waals surface area contributed by atoms with Crippen molar-refractivity contribution in [2.24, 2.45) is 0 Å². The molecular weight excluding hydrogens is 631 g/mol. The van der Waals surface area contributed by atoms with Crippen molar-refractivity contribution >= 4 is 32.2 Å². The minimum atomic E-state index is -4.59. The first kappa shape index (κ1) is 32.0. The SMILES string of the molecule is COC(=O)CS(=O)(=O)c1cccc(-c2ccc(CN(Cc3ccc(C(F)(F)F)o3)Cc3c(C)ccc4ccccc34)n3ccnc23)c1. The number of rotatable bonds is 10. The molecule has 0 saturated carbocycles. The molecule has 0 bridgehead atoms. The molecule has 8 nitrogen and oxygen atoms in total. The maximum Gasteiger partial charge on any atom is 0.449 e. The first-order valence-electron chi connectivity index (χ1n) is 14.6. The summed E-state index contributed by atoms with van der Waals surface area (Å²) in [6.07, 6.45) is -1.19. The smallest absolute Gasteiger partial charge is 0.449 e. The molecule has 6 aromatic rings. The van der Waals surface area contributed by atoms with E-state index in [4.69, 9.17) is 4.42 Å². The summed E-state index contributed by atoms with van der Waals surface area (Å²) in [5.74, 6) is -2.51. The molecule has 0 spiro atoms. The van der Waals surface area contributed by atoms with E-state index in [-0.39, 0.29) is 17.2 Å². The number of aryl methyl sites for hydroxylation is 1. The quantitative estimate of drug-likeness (QED) is 0.143. The van der Waals surface area contributed by atoms with Crippen LogP contribution in [0.3, 0.4) is 0 Å². The summed E-state index contributed by atoms with van der Waals surface area (Å²) >= 11 is 0. The van der Waals surface area contributed by atoms with Crippen molar-refractivity contribution < 1.29 is 35.5 Å². The van der Waals surface area contributed by atoms with E-state index >= 15 is 0 Å². The molecule has 0 atom stereocenters. The van der Waals surface area contributed by atoms with E-state index in [9.17, 15) is 26.4 Å². The summed E-state index contributed by atoms with van der Waals surface area (Å²) in [5.41, 5.74) is 4.70. The highest BCUT2D eigenvalue weighted by molar-refractivity contribution is 7.92. The standard InChI is InChI=1S/C35H30F3N3O5S/c1-23-10-11-24-6-3-4-9-29(24)31(23)21-40(20-27-13-15-32(46-27)35(36,37)38)19-26-12-14-30(34-39-16-17-41(26)34)25-7-5-8-28(18-25)47(43,44)22-33(42)45-2/h3-18H,19-22H2,1-2H3. The number of carbonyl (C=O) groups is 1. The Morgan fingerprint density at radius 2 is 1.77 bits per heavy atom. The second-order valence-corrected chi connectivity index (χ2v) is 13.2. The Labute approximate surface area is 268 Å². The predicted octanol–water partition coefficient (Wildman–Crippen LogP) is 7.22. The van der Waals surface area contributed by atoms with Crippen molar-refractivity contribution in [1.82, 2.24) is 14.3 Å². The molecule has 3 heterocycles. The number of benzene rings is 3. The number of methoxy groups -OCH3 is 1. The van der Waals surface area contributed by atoms with Gasteiger partial charge in [0.15, 0.2) is 15.6 Å². The maximum absolute atomic E-state index is 13.4. The molecule has 0 radical (unpaired) electrons. The van der Waals surface area contributed by atoms with Gasteiger partial charge in [0.1, 0.15) is 11.4 Å². The Bertz CT molecular complexity index is 2210. The normalized spacial score (nSPS) is 12.3. The van der Waals surface area contributed by atoms with Crippen molar-refractivity contribution in [1.29, 1.82) is 0 Å². The van der Waals surface area contributed by atoms with Crippen LogP contribution in [0.2, 0.25) is 0 Å². The highest BCUT2D eigenvalue weighted by atomic mass is 32.2. The lowest BCUT2D eigenvalue weighted by Gasteiger charge is -2.24. The van der Waals surface area contributed by atoms with Crippen LogP contribution in [0.1, 0.15) is 28.3 Å². The zero-order valence-electron chi connectivity index (χ0n) is 25.5. The number of hydrogen-bond donors (Lipinski definition) is 0. The van der Waals surface area contributed by atoms with E-state index in [0.717, 1.165) is 40.8 Å². The predicted molar refractivity (Wildman–Crippen MR) is 170 cm³/mol. The summed E-state index contributed by atoms with van der Waals surface area (Å²) in [5, 5.41) is 2.11. The Morgan fingerprint density at radius 3 is 2.53 bits per heavy atom.